The van der Waals surface area contributed by atoms with Crippen molar-refractivity contribution in [1.82, 2.24) is 4.90 Å². The van der Waals surface area contributed by atoms with Gasteiger partial charge in [0.1, 0.15) is 6.61 Å². The van der Waals surface area contributed by atoms with E-state index >= 15 is 0 Å². The minimum absolute atomic E-state index is 0.0719. The summed E-state index contributed by atoms with van der Waals surface area (Å²) in [7, 11) is 0. The molecular formula is C17H27NOS. The number of aliphatic hydroxyl groups is 1. The second-order valence-electron chi connectivity index (χ2n) is 5.51. The van der Waals surface area contributed by atoms with Crippen LogP contribution in [0.4, 0.5) is 0 Å². The van der Waals surface area contributed by atoms with Crippen LogP contribution in [-0.2, 0) is 6.54 Å². The molecule has 0 saturated carbocycles. The molecule has 1 heterocycles. The molecule has 0 aliphatic carbocycles. The van der Waals surface area contributed by atoms with Gasteiger partial charge in [-0.3, -0.25) is 4.90 Å². The molecule has 2 nitrogen and oxygen atoms in total. The van der Waals surface area contributed by atoms with E-state index < -0.39 is 0 Å². The van der Waals surface area contributed by atoms with Gasteiger partial charge >= 0.3 is 0 Å². The molecule has 20 heavy (non-hydrogen) atoms. The van der Waals surface area contributed by atoms with Gasteiger partial charge in [0.2, 0.25) is 0 Å². The summed E-state index contributed by atoms with van der Waals surface area (Å²) in [4.78, 5) is 3.90. The zero-order valence-electron chi connectivity index (χ0n) is 13.1. The lowest BCUT2D eigenvalue weighted by Crippen LogP contribution is -2.36. The minimum Gasteiger partial charge on any atom is -0.384 e. The number of rotatable bonds is 7. The molecule has 1 rings (SSSR count). The Morgan fingerprint density at radius 3 is 2.55 bits per heavy atom. The van der Waals surface area contributed by atoms with Crippen LogP contribution in [0.3, 0.4) is 0 Å². The minimum atomic E-state index is -0.0719. The van der Waals surface area contributed by atoms with E-state index in [2.05, 4.69) is 55.9 Å². The van der Waals surface area contributed by atoms with Gasteiger partial charge in [0.25, 0.3) is 0 Å². The molecule has 1 N–H and O–H groups in total. The first-order valence-electron chi connectivity index (χ1n) is 7.52. The van der Waals surface area contributed by atoms with Crippen molar-refractivity contribution in [3.63, 3.8) is 0 Å². The first-order chi connectivity index (χ1) is 9.62. The molecule has 0 bridgehead atoms. The lowest BCUT2D eigenvalue weighted by atomic mass is 10.1. The Balaban J connectivity index is 2.86. The number of aliphatic hydroxyl groups excluding tert-OH is 1. The maximum Gasteiger partial charge on any atom is 0.104 e. The van der Waals surface area contributed by atoms with E-state index in [0.29, 0.717) is 12.0 Å². The summed E-state index contributed by atoms with van der Waals surface area (Å²) in [6, 6.07) is 2.70. The SMILES string of the molecule is CCC(CC)N(Cc1sccc1C#CCO)CC(C)C. The third-order valence-electron chi connectivity index (χ3n) is 3.45. The van der Waals surface area contributed by atoms with Crippen molar-refractivity contribution in [3.8, 4) is 11.8 Å². The van der Waals surface area contributed by atoms with Crippen LogP contribution in [0, 0.1) is 17.8 Å². The quantitative estimate of drug-likeness (QED) is 0.774. The number of thiophene rings is 1. The Hall–Kier alpha value is -0.820. The average molecular weight is 293 g/mol. The summed E-state index contributed by atoms with van der Waals surface area (Å²) < 4.78 is 0. The van der Waals surface area contributed by atoms with Crippen LogP contribution in [-0.4, -0.2) is 29.2 Å². The maximum atomic E-state index is 8.84. The Labute approximate surface area is 127 Å². The van der Waals surface area contributed by atoms with Crippen LogP contribution in [0.2, 0.25) is 0 Å². The Kier molecular flexibility index (Phi) is 7.91. The molecule has 0 amide bonds. The van der Waals surface area contributed by atoms with Gasteiger partial charge in [0.15, 0.2) is 0 Å². The van der Waals surface area contributed by atoms with Crippen LogP contribution >= 0.6 is 11.3 Å². The van der Waals surface area contributed by atoms with E-state index in [0.717, 1.165) is 18.7 Å². The third kappa shape index (κ3) is 5.28. The highest BCUT2D eigenvalue weighted by Crippen LogP contribution is 2.22. The Morgan fingerprint density at radius 1 is 1.30 bits per heavy atom. The normalized spacial score (nSPS) is 11.2. The van der Waals surface area contributed by atoms with Gasteiger partial charge in [0, 0.05) is 29.6 Å². The lowest BCUT2D eigenvalue weighted by Gasteiger charge is -2.31. The van der Waals surface area contributed by atoms with E-state index in [1.807, 2.05) is 0 Å². The summed E-state index contributed by atoms with van der Waals surface area (Å²) in [5, 5.41) is 10.9. The van der Waals surface area contributed by atoms with Gasteiger partial charge in [-0.1, -0.05) is 39.5 Å². The fourth-order valence-corrected chi connectivity index (χ4v) is 3.37. The lowest BCUT2D eigenvalue weighted by molar-refractivity contribution is 0.159. The fourth-order valence-electron chi connectivity index (χ4n) is 2.51. The van der Waals surface area contributed by atoms with Crippen molar-refractivity contribution >= 4 is 11.3 Å². The van der Waals surface area contributed by atoms with Crippen molar-refractivity contribution in [3.05, 3.63) is 21.9 Å². The first-order valence-corrected chi connectivity index (χ1v) is 8.40. The van der Waals surface area contributed by atoms with Crippen molar-refractivity contribution in [1.29, 1.82) is 0 Å². The first kappa shape index (κ1) is 17.2. The van der Waals surface area contributed by atoms with Gasteiger partial charge in [-0.15, -0.1) is 11.3 Å². The van der Waals surface area contributed by atoms with Crippen LogP contribution in [0.5, 0.6) is 0 Å². The topological polar surface area (TPSA) is 23.5 Å². The molecule has 0 saturated heterocycles. The van der Waals surface area contributed by atoms with E-state index in [-0.39, 0.29) is 6.61 Å². The largest absolute Gasteiger partial charge is 0.384 e. The van der Waals surface area contributed by atoms with Crippen LogP contribution in [0.15, 0.2) is 11.4 Å². The molecule has 0 aromatic carbocycles. The zero-order chi connectivity index (χ0) is 15.0. The summed E-state index contributed by atoms with van der Waals surface area (Å²) in [6.07, 6.45) is 2.37. The molecule has 112 valence electrons. The smallest absolute Gasteiger partial charge is 0.104 e. The molecule has 0 spiro atoms. The zero-order valence-corrected chi connectivity index (χ0v) is 14.0. The fraction of sp³-hybridized carbons (Fsp3) is 0.647. The summed E-state index contributed by atoms with van der Waals surface area (Å²) >= 11 is 1.77. The highest BCUT2D eigenvalue weighted by Gasteiger charge is 2.18. The van der Waals surface area contributed by atoms with E-state index in [1.54, 1.807) is 11.3 Å². The van der Waals surface area contributed by atoms with Crippen LogP contribution < -0.4 is 0 Å². The van der Waals surface area contributed by atoms with Gasteiger partial charge in [-0.2, -0.15) is 0 Å². The van der Waals surface area contributed by atoms with Crippen LogP contribution in [0.1, 0.15) is 51.0 Å². The van der Waals surface area contributed by atoms with Gasteiger partial charge in [-0.25, -0.2) is 0 Å². The monoisotopic (exact) mass is 293 g/mol. The van der Waals surface area contributed by atoms with E-state index in [1.165, 1.54) is 17.7 Å². The van der Waals surface area contributed by atoms with Crippen molar-refractivity contribution in [2.45, 2.75) is 53.1 Å². The van der Waals surface area contributed by atoms with E-state index in [4.69, 9.17) is 5.11 Å². The second kappa shape index (κ2) is 9.18. The highest BCUT2D eigenvalue weighted by atomic mass is 32.1. The summed E-state index contributed by atoms with van der Waals surface area (Å²) in [5.41, 5.74) is 1.07. The highest BCUT2D eigenvalue weighted by molar-refractivity contribution is 7.10. The van der Waals surface area contributed by atoms with Crippen LogP contribution in [0.25, 0.3) is 0 Å². The number of hydrogen-bond donors (Lipinski definition) is 1. The number of hydrogen-bond acceptors (Lipinski definition) is 3. The average Bonchev–Trinajstić information content (AvgIpc) is 2.84. The molecule has 0 aliphatic rings. The molecule has 1 aromatic heterocycles. The maximum absolute atomic E-state index is 8.84. The molecule has 1 aromatic rings. The molecule has 3 heteroatoms. The molecule has 0 unspecified atom stereocenters. The van der Waals surface area contributed by atoms with Crippen molar-refractivity contribution < 1.29 is 5.11 Å². The predicted molar refractivity (Wildman–Crippen MR) is 87.9 cm³/mol. The number of nitrogens with zero attached hydrogens (tertiary/aromatic N) is 1. The van der Waals surface area contributed by atoms with Crippen molar-refractivity contribution in [2.24, 2.45) is 5.92 Å². The second-order valence-corrected chi connectivity index (χ2v) is 6.51. The molecule has 0 fully saturated rings. The van der Waals surface area contributed by atoms with Crippen molar-refractivity contribution in [2.75, 3.05) is 13.2 Å². The van der Waals surface area contributed by atoms with Gasteiger partial charge < -0.3 is 5.11 Å². The Morgan fingerprint density at radius 2 is 2.00 bits per heavy atom. The molecule has 0 atom stereocenters. The predicted octanol–water partition coefficient (Wildman–Crippen LogP) is 3.74. The van der Waals surface area contributed by atoms with Gasteiger partial charge in [-0.05, 0) is 30.2 Å². The Bertz CT molecular complexity index is 437. The van der Waals surface area contributed by atoms with Gasteiger partial charge in [0.05, 0.1) is 0 Å². The standard InChI is InChI=1S/C17H27NOS/c1-5-16(6-2)18(12-14(3)4)13-17-15(8-7-10-19)9-11-20-17/h9,11,14,16,19H,5-6,10,12-13H2,1-4H3. The molecule has 0 aliphatic heterocycles. The summed E-state index contributed by atoms with van der Waals surface area (Å²) in [5.74, 6) is 6.49. The molecule has 0 radical (unpaired) electrons. The molecular weight excluding hydrogens is 266 g/mol. The van der Waals surface area contributed by atoms with E-state index in [9.17, 15) is 0 Å². The summed E-state index contributed by atoms with van der Waals surface area (Å²) in [6.45, 7) is 11.1. The third-order valence-corrected chi connectivity index (χ3v) is 4.36.